The predicted octanol–water partition coefficient (Wildman–Crippen LogP) is 12.0. The molecule has 0 aliphatic carbocycles. The monoisotopic (exact) mass is 653 g/mol. The maximum atomic E-state index is 12.7. The van der Waals surface area contributed by atoms with Gasteiger partial charge in [0.1, 0.15) is 12.0 Å². The zero-order chi connectivity index (χ0) is 33.8. The molecule has 0 saturated carbocycles. The lowest BCUT2D eigenvalue weighted by Gasteiger charge is -2.17. The van der Waals surface area contributed by atoms with Crippen molar-refractivity contribution >= 4 is 11.8 Å². The molecular weight excluding hydrogens is 572 g/mol. The van der Waals surface area contributed by atoms with E-state index in [9.17, 15) is 19.8 Å². The van der Waals surface area contributed by atoms with E-state index in [-0.39, 0.29) is 0 Å². The molecule has 2 atom stereocenters. The van der Waals surface area contributed by atoms with Crippen LogP contribution < -0.4 is 0 Å². The molecule has 0 aliphatic rings. The highest BCUT2D eigenvalue weighted by atomic mass is 16.5. The van der Waals surface area contributed by atoms with E-state index >= 15 is 0 Å². The largest absolute Gasteiger partial charge is 0.465 e. The van der Waals surface area contributed by atoms with Gasteiger partial charge >= 0.3 is 5.97 Å². The second-order valence-electron chi connectivity index (χ2n) is 14.2. The molecule has 0 heterocycles. The summed E-state index contributed by atoms with van der Waals surface area (Å²) in [5, 5.41) is 19.2. The fourth-order valence-corrected chi connectivity index (χ4v) is 6.52. The smallest absolute Gasteiger partial charge is 0.316 e. The molecule has 0 rings (SSSR count). The molecular formula is C41H80O5. The number of aliphatic hydroxyl groups excluding tert-OH is 2. The fourth-order valence-electron chi connectivity index (χ4n) is 6.52. The number of hydrogen-bond donors (Lipinski definition) is 2. The van der Waals surface area contributed by atoms with Crippen LogP contribution in [0.15, 0.2) is 0 Å². The molecule has 2 N–H and O–H groups in total. The summed E-state index contributed by atoms with van der Waals surface area (Å²) >= 11 is 0. The Bertz CT molecular complexity index is 636. The lowest BCUT2D eigenvalue weighted by Crippen LogP contribution is -2.36. The SMILES string of the molecule is CCCCCCCCCCCCCCCCCCCCC(C(=O)OCCCCCCCCCCCCCCCC)C(=O)C(O)CO. The van der Waals surface area contributed by atoms with E-state index in [1.165, 1.54) is 167 Å². The van der Waals surface area contributed by atoms with Crippen molar-refractivity contribution in [3.8, 4) is 0 Å². The first-order chi connectivity index (χ1) is 22.6. The van der Waals surface area contributed by atoms with Gasteiger partial charge in [0, 0.05) is 0 Å². The van der Waals surface area contributed by atoms with Gasteiger partial charge in [-0.1, -0.05) is 213 Å². The predicted molar refractivity (Wildman–Crippen MR) is 196 cm³/mol. The number of esters is 1. The number of hydrogen-bond acceptors (Lipinski definition) is 5. The molecule has 5 nitrogen and oxygen atoms in total. The molecule has 0 amide bonds. The van der Waals surface area contributed by atoms with E-state index in [1.807, 2.05) is 0 Å². The van der Waals surface area contributed by atoms with Crippen molar-refractivity contribution in [2.24, 2.45) is 5.92 Å². The van der Waals surface area contributed by atoms with Crippen molar-refractivity contribution in [2.45, 2.75) is 232 Å². The van der Waals surface area contributed by atoms with Crippen molar-refractivity contribution in [3.63, 3.8) is 0 Å². The quantitative estimate of drug-likeness (QED) is 0.0394. The van der Waals surface area contributed by atoms with Crippen LogP contribution in [0, 0.1) is 5.92 Å². The molecule has 2 unspecified atom stereocenters. The van der Waals surface area contributed by atoms with E-state index in [2.05, 4.69) is 13.8 Å². The number of unbranched alkanes of at least 4 members (excludes halogenated alkanes) is 30. The Hall–Kier alpha value is -0.940. The van der Waals surface area contributed by atoms with Crippen LogP contribution in [0.3, 0.4) is 0 Å². The molecule has 0 aromatic heterocycles. The lowest BCUT2D eigenvalue weighted by atomic mass is 9.93. The minimum Gasteiger partial charge on any atom is -0.465 e. The van der Waals surface area contributed by atoms with Gasteiger partial charge in [-0.05, 0) is 12.8 Å². The highest BCUT2D eigenvalue weighted by molar-refractivity contribution is 6.01. The van der Waals surface area contributed by atoms with Crippen LogP contribution in [-0.4, -0.2) is 41.3 Å². The van der Waals surface area contributed by atoms with Crippen LogP contribution in [0.1, 0.15) is 226 Å². The van der Waals surface area contributed by atoms with Crippen LogP contribution in [-0.2, 0) is 14.3 Å². The molecule has 0 radical (unpaired) electrons. The average molecular weight is 653 g/mol. The van der Waals surface area contributed by atoms with E-state index < -0.39 is 30.4 Å². The summed E-state index contributed by atoms with van der Waals surface area (Å²) in [6.07, 6.45) is 40.0. The summed E-state index contributed by atoms with van der Waals surface area (Å²) in [5.74, 6) is -2.09. The van der Waals surface area contributed by atoms with Crippen LogP contribution in [0.2, 0.25) is 0 Å². The number of rotatable bonds is 38. The van der Waals surface area contributed by atoms with Crippen LogP contribution in [0.25, 0.3) is 0 Å². The zero-order valence-corrected chi connectivity index (χ0v) is 31.0. The van der Waals surface area contributed by atoms with Crippen LogP contribution >= 0.6 is 0 Å². The van der Waals surface area contributed by atoms with Gasteiger partial charge in [0.05, 0.1) is 13.2 Å². The molecule has 0 spiro atoms. The Morgan fingerprint density at radius 3 is 1.04 bits per heavy atom. The maximum absolute atomic E-state index is 12.7. The number of ketones is 1. The first-order valence-corrected chi connectivity index (χ1v) is 20.6. The third-order valence-electron chi connectivity index (χ3n) is 9.72. The van der Waals surface area contributed by atoms with Gasteiger partial charge in [0.2, 0.25) is 0 Å². The number of aliphatic hydroxyl groups is 2. The summed E-state index contributed by atoms with van der Waals surface area (Å²) < 4.78 is 5.46. The topological polar surface area (TPSA) is 83.8 Å². The second-order valence-corrected chi connectivity index (χ2v) is 14.2. The van der Waals surface area contributed by atoms with E-state index in [0.717, 1.165) is 38.5 Å². The van der Waals surface area contributed by atoms with Crippen molar-refractivity contribution in [2.75, 3.05) is 13.2 Å². The van der Waals surface area contributed by atoms with Gasteiger partial charge in [-0.3, -0.25) is 9.59 Å². The Balaban J connectivity index is 3.80. The summed E-state index contributed by atoms with van der Waals surface area (Å²) in [7, 11) is 0. The van der Waals surface area contributed by atoms with Crippen molar-refractivity contribution in [1.29, 1.82) is 0 Å². The standard InChI is InChI=1S/C41H80O5/c1-3-5-7-9-11-13-15-17-19-20-21-22-23-25-27-29-31-33-35-38(40(44)39(43)37-42)41(45)46-36-34-32-30-28-26-24-18-16-14-12-10-8-6-4-2/h38-39,42-43H,3-37H2,1-2H3. The first kappa shape index (κ1) is 45.1. The first-order valence-electron chi connectivity index (χ1n) is 20.6. The summed E-state index contributed by atoms with van der Waals surface area (Å²) in [6.45, 7) is 4.22. The highest BCUT2D eigenvalue weighted by Crippen LogP contribution is 2.19. The maximum Gasteiger partial charge on any atom is 0.316 e. The minimum absolute atomic E-state index is 0.328. The molecule has 0 aromatic carbocycles. The Morgan fingerprint density at radius 1 is 0.457 bits per heavy atom. The van der Waals surface area contributed by atoms with Gasteiger partial charge in [-0.25, -0.2) is 0 Å². The van der Waals surface area contributed by atoms with E-state index in [0.29, 0.717) is 13.0 Å². The third kappa shape index (κ3) is 30.4. The second kappa shape index (κ2) is 36.9. The molecule has 0 aromatic rings. The number of carbonyl (C=O) groups is 2. The van der Waals surface area contributed by atoms with Gasteiger partial charge in [0.25, 0.3) is 0 Å². The van der Waals surface area contributed by atoms with Gasteiger partial charge < -0.3 is 14.9 Å². The van der Waals surface area contributed by atoms with Crippen LogP contribution in [0.5, 0.6) is 0 Å². The fraction of sp³-hybridized carbons (Fsp3) is 0.951. The van der Waals surface area contributed by atoms with Crippen molar-refractivity contribution in [1.82, 2.24) is 0 Å². The highest BCUT2D eigenvalue weighted by Gasteiger charge is 2.31. The molecule has 274 valence electrons. The van der Waals surface area contributed by atoms with Crippen LogP contribution in [0.4, 0.5) is 0 Å². The van der Waals surface area contributed by atoms with Crippen molar-refractivity contribution < 1.29 is 24.5 Å². The molecule has 5 heteroatoms. The van der Waals surface area contributed by atoms with Gasteiger partial charge in [-0.15, -0.1) is 0 Å². The Kier molecular flexibility index (Phi) is 36.1. The average Bonchev–Trinajstić information content (AvgIpc) is 3.06. The number of Topliss-reactive ketones (excluding diaryl/α,β-unsaturated/α-hetero) is 1. The molecule has 0 bridgehead atoms. The molecule has 0 aliphatic heterocycles. The summed E-state index contributed by atoms with van der Waals surface area (Å²) in [6, 6.07) is 0. The molecule has 46 heavy (non-hydrogen) atoms. The molecule has 0 saturated heterocycles. The van der Waals surface area contributed by atoms with Gasteiger partial charge in [-0.2, -0.15) is 0 Å². The molecule has 0 fully saturated rings. The third-order valence-corrected chi connectivity index (χ3v) is 9.72. The van der Waals surface area contributed by atoms with Gasteiger partial charge in [0.15, 0.2) is 5.78 Å². The minimum atomic E-state index is -1.51. The van der Waals surface area contributed by atoms with Crippen molar-refractivity contribution in [3.05, 3.63) is 0 Å². The number of ether oxygens (including phenoxy) is 1. The Morgan fingerprint density at radius 2 is 0.739 bits per heavy atom. The number of carbonyl (C=O) groups excluding carboxylic acids is 2. The lowest BCUT2D eigenvalue weighted by molar-refractivity contribution is -0.155. The summed E-state index contributed by atoms with van der Waals surface area (Å²) in [4.78, 5) is 25.3. The normalized spacial score (nSPS) is 12.8. The summed E-state index contributed by atoms with van der Waals surface area (Å²) in [5.41, 5.74) is 0. The van der Waals surface area contributed by atoms with E-state index in [1.54, 1.807) is 0 Å². The Labute approximate surface area is 286 Å². The van der Waals surface area contributed by atoms with E-state index in [4.69, 9.17) is 4.74 Å². The zero-order valence-electron chi connectivity index (χ0n) is 31.0.